The number of piperidine rings is 1. The molecule has 0 aliphatic carbocycles. The Hall–Kier alpha value is -0.120. The zero-order chi connectivity index (χ0) is 11.7. The number of likely N-dealkylation sites (N-methyl/N-ethyl adjacent to an activating group) is 1. The third kappa shape index (κ3) is 2.58. The lowest BCUT2D eigenvalue weighted by molar-refractivity contribution is -0.00391. The van der Waals surface area contributed by atoms with Gasteiger partial charge in [0.15, 0.2) is 0 Å². The molecular formula is C13H27N3. The van der Waals surface area contributed by atoms with Crippen LogP contribution in [0.25, 0.3) is 0 Å². The topological polar surface area (TPSA) is 9.72 Å². The van der Waals surface area contributed by atoms with E-state index in [0.717, 1.165) is 18.1 Å². The number of piperazine rings is 1. The lowest BCUT2D eigenvalue weighted by Crippen LogP contribution is -2.60. The van der Waals surface area contributed by atoms with Gasteiger partial charge in [-0.3, -0.25) is 4.90 Å². The molecule has 0 spiro atoms. The van der Waals surface area contributed by atoms with E-state index in [2.05, 4.69) is 42.6 Å². The minimum atomic E-state index is 0.724. The van der Waals surface area contributed by atoms with E-state index in [1.54, 1.807) is 0 Å². The van der Waals surface area contributed by atoms with E-state index in [0.29, 0.717) is 0 Å². The second-order valence-corrected chi connectivity index (χ2v) is 5.90. The van der Waals surface area contributed by atoms with Gasteiger partial charge in [0.25, 0.3) is 0 Å². The normalized spacial score (nSPS) is 36.8. The van der Waals surface area contributed by atoms with Crippen molar-refractivity contribution < 1.29 is 0 Å². The summed E-state index contributed by atoms with van der Waals surface area (Å²) in [5.74, 6) is 0. The molecule has 0 aromatic heterocycles. The Morgan fingerprint density at radius 1 is 0.812 bits per heavy atom. The van der Waals surface area contributed by atoms with E-state index in [9.17, 15) is 0 Å². The molecule has 0 N–H and O–H groups in total. The predicted molar refractivity (Wildman–Crippen MR) is 68.8 cm³/mol. The zero-order valence-corrected chi connectivity index (χ0v) is 11.3. The van der Waals surface area contributed by atoms with Crippen molar-refractivity contribution in [1.82, 2.24) is 14.7 Å². The number of likely N-dealkylation sites (tertiary alicyclic amines) is 1. The Bertz CT molecular complexity index is 211. The maximum Gasteiger partial charge on any atom is 0.0201 e. The molecule has 2 heterocycles. The minimum Gasteiger partial charge on any atom is -0.306 e. The highest BCUT2D eigenvalue weighted by Gasteiger charge is 2.34. The fraction of sp³-hybridized carbons (Fsp3) is 1.00. The van der Waals surface area contributed by atoms with Crippen LogP contribution < -0.4 is 0 Å². The summed E-state index contributed by atoms with van der Waals surface area (Å²) < 4.78 is 0. The summed E-state index contributed by atoms with van der Waals surface area (Å²) in [6, 6.07) is 2.28. The van der Waals surface area contributed by atoms with Gasteiger partial charge in [-0.1, -0.05) is 0 Å². The molecule has 3 nitrogen and oxygen atoms in total. The van der Waals surface area contributed by atoms with E-state index >= 15 is 0 Å². The van der Waals surface area contributed by atoms with Crippen molar-refractivity contribution in [3.63, 3.8) is 0 Å². The van der Waals surface area contributed by atoms with E-state index in [4.69, 9.17) is 0 Å². The summed E-state index contributed by atoms with van der Waals surface area (Å²) in [5.41, 5.74) is 0. The van der Waals surface area contributed by atoms with Crippen molar-refractivity contribution in [3.8, 4) is 0 Å². The van der Waals surface area contributed by atoms with Crippen LogP contribution in [0.4, 0.5) is 0 Å². The number of hydrogen-bond donors (Lipinski definition) is 0. The first kappa shape index (κ1) is 12.3. The Labute approximate surface area is 100 Å². The van der Waals surface area contributed by atoms with Crippen molar-refractivity contribution in [2.45, 2.75) is 44.8 Å². The molecule has 2 atom stereocenters. The summed E-state index contributed by atoms with van der Waals surface area (Å²) in [5, 5.41) is 0. The largest absolute Gasteiger partial charge is 0.306 e. The molecule has 16 heavy (non-hydrogen) atoms. The average molecular weight is 225 g/mol. The average Bonchev–Trinajstić information content (AvgIpc) is 2.19. The van der Waals surface area contributed by atoms with Gasteiger partial charge >= 0.3 is 0 Å². The maximum atomic E-state index is 2.78. The van der Waals surface area contributed by atoms with E-state index in [1.807, 2.05) is 0 Å². The Kier molecular flexibility index (Phi) is 3.88. The molecular weight excluding hydrogens is 198 g/mol. The van der Waals surface area contributed by atoms with E-state index in [-0.39, 0.29) is 0 Å². The van der Waals surface area contributed by atoms with Gasteiger partial charge in [0.1, 0.15) is 0 Å². The predicted octanol–water partition coefficient (Wildman–Crippen LogP) is 1.10. The minimum absolute atomic E-state index is 0.724. The molecule has 2 fully saturated rings. The van der Waals surface area contributed by atoms with Gasteiger partial charge < -0.3 is 9.80 Å². The molecule has 0 amide bonds. The van der Waals surface area contributed by atoms with Crippen molar-refractivity contribution in [2.24, 2.45) is 0 Å². The Morgan fingerprint density at radius 2 is 1.31 bits per heavy atom. The molecule has 2 unspecified atom stereocenters. The van der Waals surface area contributed by atoms with Crippen molar-refractivity contribution in [2.75, 3.05) is 40.3 Å². The Balaban J connectivity index is 1.97. The zero-order valence-electron chi connectivity index (χ0n) is 11.3. The Morgan fingerprint density at radius 3 is 1.81 bits per heavy atom. The SMILES string of the molecule is CC1CN(C)CC(C)N1C1CCN(C)CC1. The highest BCUT2D eigenvalue weighted by molar-refractivity contribution is 4.90. The van der Waals surface area contributed by atoms with Crippen LogP contribution in [0.1, 0.15) is 26.7 Å². The van der Waals surface area contributed by atoms with Crippen molar-refractivity contribution in [3.05, 3.63) is 0 Å². The summed E-state index contributed by atoms with van der Waals surface area (Å²) in [7, 11) is 4.49. The van der Waals surface area contributed by atoms with Gasteiger partial charge in [0, 0.05) is 31.2 Å². The van der Waals surface area contributed by atoms with Crippen molar-refractivity contribution in [1.29, 1.82) is 0 Å². The highest BCUT2D eigenvalue weighted by atomic mass is 15.3. The lowest BCUT2D eigenvalue weighted by atomic mass is 9.97. The number of hydrogen-bond acceptors (Lipinski definition) is 3. The second-order valence-electron chi connectivity index (χ2n) is 5.90. The first-order valence-electron chi connectivity index (χ1n) is 6.72. The van der Waals surface area contributed by atoms with Gasteiger partial charge in [-0.05, 0) is 53.9 Å². The third-order valence-electron chi connectivity index (χ3n) is 4.28. The van der Waals surface area contributed by atoms with Crippen LogP contribution >= 0.6 is 0 Å². The number of rotatable bonds is 1. The number of nitrogens with zero attached hydrogens (tertiary/aromatic N) is 3. The molecule has 94 valence electrons. The first-order valence-corrected chi connectivity index (χ1v) is 6.72. The summed E-state index contributed by atoms with van der Waals surface area (Å²) in [6.45, 7) is 9.80. The van der Waals surface area contributed by atoms with Gasteiger partial charge in [0.05, 0.1) is 0 Å². The maximum absolute atomic E-state index is 2.78. The van der Waals surface area contributed by atoms with Crippen LogP contribution in [0.3, 0.4) is 0 Å². The fourth-order valence-corrected chi connectivity index (χ4v) is 3.61. The first-order chi connectivity index (χ1) is 7.58. The van der Waals surface area contributed by atoms with Crippen LogP contribution in [0, 0.1) is 0 Å². The second kappa shape index (κ2) is 5.03. The van der Waals surface area contributed by atoms with Gasteiger partial charge in [-0.2, -0.15) is 0 Å². The quantitative estimate of drug-likeness (QED) is 0.662. The van der Waals surface area contributed by atoms with Crippen molar-refractivity contribution >= 4 is 0 Å². The fourth-order valence-electron chi connectivity index (χ4n) is 3.61. The van der Waals surface area contributed by atoms with E-state index in [1.165, 1.54) is 39.0 Å². The summed E-state index contributed by atoms with van der Waals surface area (Å²) >= 11 is 0. The van der Waals surface area contributed by atoms with Crippen LogP contribution in [-0.2, 0) is 0 Å². The molecule has 0 aromatic carbocycles. The van der Waals surface area contributed by atoms with Gasteiger partial charge in [-0.25, -0.2) is 0 Å². The molecule has 0 bridgehead atoms. The van der Waals surface area contributed by atoms with Crippen LogP contribution in [0.2, 0.25) is 0 Å². The molecule has 3 heteroatoms. The molecule has 0 radical (unpaired) electrons. The van der Waals surface area contributed by atoms with Crippen LogP contribution in [-0.4, -0.2) is 73.1 Å². The highest BCUT2D eigenvalue weighted by Crippen LogP contribution is 2.24. The third-order valence-corrected chi connectivity index (χ3v) is 4.28. The molecule has 0 aromatic rings. The van der Waals surface area contributed by atoms with Crippen LogP contribution in [0.5, 0.6) is 0 Å². The molecule has 2 saturated heterocycles. The molecule has 2 aliphatic heterocycles. The van der Waals surface area contributed by atoms with Gasteiger partial charge in [-0.15, -0.1) is 0 Å². The van der Waals surface area contributed by atoms with Gasteiger partial charge in [0.2, 0.25) is 0 Å². The smallest absolute Gasteiger partial charge is 0.0201 e. The standard InChI is InChI=1S/C13H27N3/c1-11-9-15(4)10-12(2)16(11)13-5-7-14(3)8-6-13/h11-13H,5-10H2,1-4H3. The molecule has 0 saturated carbocycles. The lowest BCUT2D eigenvalue weighted by Gasteiger charge is -2.49. The molecule has 2 aliphatic rings. The summed E-state index contributed by atoms with van der Waals surface area (Å²) in [4.78, 5) is 7.72. The van der Waals surface area contributed by atoms with Crippen LogP contribution in [0.15, 0.2) is 0 Å². The van der Waals surface area contributed by atoms with E-state index < -0.39 is 0 Å². The molecule has 2 rings (SSSR count). The monoisotopic (exact) mass is 225 g/mol. The summed E-state index contributed by atoms with van der Waals surface area (Å²) in [6.07, 6.45) is 2.71.